The minimum Gasteiger partial charge on any atom is -0.359 e. The largest absolute Gasteiger partial charge is 0.359 e. The minimum absolute atomic E-state index is 0. The molecule has 0 aromatic heterocycles. The molecule has 1 amide bonds. The van der Waals surface area contributed by atoms with E-state index in [0.29, 0.717) is 6.42 Å². The van der Waals surface area contributed by atoms with E-state index in [1.165, 1.54) is 0 Å². The van der Waals surface area contributed by atoms with Gasteiger partial charge >= 0.3 is 0 Å². The van der Waals surface area contributed by atoms with Crippen molar-refractivity contribution >= 4 is 5.91 Å². The Morgan fingerprint density at radius 3 is 3.09 bits per heavy atom. The van der Waals surface area contributed by atoms with E-state index in [2.05, 4.69) is 17.5 Å². The normalized spacial score (nSPS) is 15.9. The zero-order chi connectivity index (χ0) is 8.10. The molecule has 11 heavy (non-hydrogen) atoms. The maximum atomic E-state index is 10.9. The quantitative estimate of drug-likeness (QED) is 0.642. The van der Waals surface area contributed by atoms with Gasteiger partial charge in [0.15, 0.2) is 0 Å². The third-order valence-electron chi connectivity index (χ3n) is 1.72. The molecule has 0 spiro atoms. The Morgan fingerprint density at radius 2 is 2.55 bits per heavy atom. The fraction of sp³-hybridized carbons (Fsp3) is 0.444. The van der Waals surface area contributed by atoms with Gasteiger partial charge in [-0.15, -0.1) is 0 Å². The van der Waals surface area contributed by atoms with Crippen LogP contribution in [-0.4, -0.2) is 13.0 Å². The van der Waals surface area contributed by atoms with Crippen LogP contribution in [0.25, 0.3) is 0 Å². The van der Waals surface area contributed by atoms with Crippen molar-refractivity contribution < 1.29 is 6.22 Å². The summed E-state index contributed by atoms with van der Waals surface area (Å²) in [5.74, 6) is 0.0859. The van der Waals surface area contributed by atoms with E-state index in [9.17, 15) is 4.79 Å². The van der Waals surface area contributed by atoms with Crippen molar-refractivity contribution in [1.29, 1.82) is 0 Å². The number of carbonyl (C=O) groups is 1. The summed E-state index contributed by atoms with van der Waals surface area (Å²) in [4.78, 5) is 10.9. The summed E-state index contributed by atoms with van der Waals surface area (Å²) in [5.41, 5.74) is 1.13. The molecule has 0 saturated heterocycles. The zero-order valence-corrected chi connectivity index (χ0v) is 6.76. The van der Waals surface area contributed by atoms with Crippen molar-refractivity contribution in [2.24, 2.45) is 0 Å². The van der Waals surface area contributed by atoms with Crippen LogP contribution >= 0.6 is 0 Å². The van der Waals surface area contributed by atoms with Gasteiger partial charge < -0.3 is 5.32 Å². The second-order valence-corrected chi connectivity index (χ2v) is 2.61. The summed E-state index contributed by atoms with van der Waals surface area (Å²) in [6.45, 7) is 0. The Hall–Kier alpha value is -1.05. The maximum Gasteiger partial charge on any atom is 0.224 e. The average molecular weight is 153 g/mol. The molecule has 0 unspecified atom stereocenters. The van der Waals surface area contributed by atoms with Gasteiger partial charge in [-0.05, 0) is 18.4 Å². The van der Waals surface area contributed by atoms with E-state index in [4.69, 9.17) is 0 Å². The second-order valence-electron chi connectivity index (χ2n) is 2.61. The van der Waals surface area contributed by atoms with Crippen molar-refractivity contribution in [2.45, 2.75) is 19.3 Å². The van der Waals surface area contributed by atoms with Crippen LogP contribution in [0.5, 0.6) is 0 Å². The highest BCUT2D eigenvalue weighted by atomic mass is 16.1. The lowest BCUT2D eigenvalue weighted by molar-refractivity contribution is -0.119. The van der Waals surface area contributed by atoms with Gasteiger partial charge in [0.25, 0.3) is 0 Å². The van der Waals surface area contributed by atoms with Crippen molar-refractivity contribution in [3.05, 3.63) is 23.8 Å². The molecule has 2 heteroatoms. The summed E-state index contributed by atoms with van der Waals surface area (Å²) in [6.07, 6.45) is 8.96. The molecule has 0 aromatic rings. The van der Waals surface area contributed by atoms with Crippen molar-refractivity contribution in [1.82, 2.24) is 5.32 Å². The molecule has 0 saturated carbocycles. The van der Waals surface area contributed by atoms with Crippen molar-refractivity contribution in [2.75, 3.05) is 7.05 Å². The average Bonchev–Trinajstić information content (AvgIpc) is 2.06. The standard InChI is InChI=1S/C9H13NO.H2/c1-10-9(11)7-8-5-3-2-4-6-8;/h3,5-6H,2,4,7H2,1H3,(H,10,11);1H. The molecule has 1 rings (SSSR count). The van der Waals surface area contributed by atoms with Gasteiger partial charge in [-0.25, -0.2) is 0 Å². The summed E-state index contributed by atoms with van der Waals surface area (Å²) in [7, 11) is 1.66. The second kappa shape index (κ2) is 3.96. The highest BCUT2D eigenvalue weighted by molar-refractivity contribution is 5.78. The number of allylic oxidation sites excluding steroid dienone is 3. The molecule has 1 aliphatic carbocycles. The summed E-state index contributed by atoms with van der Waals surface area (Å²) in [5, 5.41) is 2.60. The van der Waals surface area contributed by atoms with Gasteiger partial charge in [-0.2, -0.15) is 0 Å². The first-order valence-corrected chi connectivity index (χ1v) is 3.89. The van der Waals surface area contributed by atoms with Crippen LogP contribution in [0.3, 0.4) is 0 Å². The van der Waals surface area contributed by atoms with Crippen LogP contribution in [0.15, 0.2) is 23.8 Å². The van der Waals surface area contributed by atoms with Gasteiger partial charge in [0, 0.05) is 8.47 Å². The van der Waals surface area contributed by atoms with Gasteiger partial charge in [0.2, 0.25) is 5.91 Å². The SMILES string of the molecule is CNC(=O)CC1=CCCC=C1.[HH]. The Balaban J connectivity index is 0.00000121. The molecule has 0 heterocycles. The van der Waals surface area contributed by atoms with Crippen molar-refractivity contribution in [3.8, 4) is 0 Å². The molecule has 0 aromatic carbocycles. The van der Waals surface area contributed by atoms with E-state index in [1.54, 1.807) is 7.05 Å². The van der Waals surface area contributed by atoms with E-state index in [0.717, 1.165) is 18.4 Å². The first-order chi connectivity index (χ1) is 5.33. The van der Waals surface area contributed by atoms with Crippen LogP contribution < -0.4 is 5.32 Å². The maximum absolute atomic E-state index is 10.9. The molecule has 0 bridgehead atoms. The van der Waals surface area contributed by atoms with Crippen LogP contribution in [0, 0.1) is 0 Å². The molecule has 62 valence electrons. The molecule has 1 N–H and O–H groups in total. The van der Waals surface area contributed by atoms with Gasteiger partial charge in [-0.3, -0.25) is 4.79 Å². The lowest BCUT2D eigenvalue weighted by Crippen LogP contribution is -2.17. The molecular formula is C9H15NO. The minimum atomic E-state index is 0. The Kier molecular flexibility index (Phi) is 2.90. The highest BCUT2D eigenvalue weighted by Crippen LogP contribution is 2.12. The summed E-state index contributed by atoms with van der Waals surface area (Å²) >= 11 is 0. The number of amides is 1. The topological polar surface area (TPSA) is 29.1 Å². The van der Waals surface area contributed by atoms with Gasteiger partial charge in [0.1, 0.15) is 0 Å². The van der Waals surface area contributed by atoms with Gasteiger partial charge in [0.05, 0.1) is 6.42 Å². The smallest absolute Gasteiger partial charge is 0.224 e. The van der Waals surface area contributed by atoms with E-state index < -0.39 is 0 Å². The Bertz CT molecular complexity index is 209. The van der Waals surface area contributed by atoms with Crippen LogP contribution in [0.4, 0.5) is 0 Å². The van der Waals surface area contributed by atoms with E-state index in [1.807, 2.05) is 6.08 Å². The van der Waals surface area contributed by atoms with Crippen molar-refractivity contribution in [3.63, 3.8) is 0 Å². The Morgan fingerprint density at radius 1 is 1.73 bits per heavy atom. The number of hydrogen-bond acceptors (Lipinski definition) is 1. The number of rotatable bonds is 2. The predicted molar refractivity (Wildman–Crippen MR) is 47.3 cm³/mol. The number of carbonyl (C=O) groups excluding carboxylic acids is 1. The molecule has 0 fully saturated rings. The zero-order valence-electron chi connectivity index (χ0n) is 6.76. The van der Waals surface area contributed by atoms with E-state index >= 15 is 0 Å². The van der Waals surface area contributed by atoms with Crippen LogP contribution in [0.2, 0.25) is 0 Å². The number of hydrogen-bond donors (Lipinski definition) is 1. The summed E-state index contributed by atoms with van der Waals surface area (Å²) in [6, 6.07) is 0. The first kappa shape index (κ1) is 8.05. The third-order valence-corrected chi connectivity index (χ3v) is 1.72. The molecule has 0 aliphatic heterocycles. The molecular weight excluding hydrogens is 138 g/mol. The fourth-order valence-corrected chi connectivity index (χ4v) is 1.07. The van der Waals surface area contributed by atoms with Crippen LogP contribution in [0.1, 0.15) is 20.7 Å². The molecule has 2 nitrogen and oxygen atoms in total. The first-order valence-electron chi connectivity index (χ1n) is 3.89. The van der Waals surface area contributed by atoms with Gasteiger partial charge in [-0.1, -0.05) is 18.2 Å². The number of nitrogens with one attached hydrogen (secondary N) is 1. The lowest BCUT2D eigenvalue weighted by Gasteiger charge is -2.04. The molecule has 1 aliphatic rings. The lowest BCUT2D eigenvalue weighted by atomic mass is 10.0. The van der Waals surface area contributed by atoms with E-state index in [-0.39, 0.29) is 7.33 Å². The molecule has 0 radical (unpaired) electrons. The summed E-state index contributed by atoms with van der Waals surface area (Å²) < 4.78 is 0. The molecule has 0 atom stereocenters. The Labute approximate surface area is 68.5 Å². The van der Waals surface area contributed by atoms with Crippen LogP contribution in [-0.2, 0) is 4.79 Å². The predicted octanol–water partition coefficient (Wildman–Crippen LogP) is 1.64. The third kappa shape index (κ3) is 2.58. The highest BCUT2D eigenvalue weighted by Gasteiger charge is 2.02. The fourth-order valence-electron chi connectivity index (χ4n) is 1.07. The monoisotopic (exact) mass is 153 g/mol.